The second kappa shape index (κ2) is 17.6. The lowest BCUT2D eigenvalue weighted by molar-refractivity contribution is -0.134. The number of aromatic nitrogens is 1. The largest absolute Gasteiger partial charge is 0.444 e. The average molecular weight is 681 g/mol. The van der Waals surface area contributed by atoms with Crippen molar-refractivity contribution >= 4 is 46.5 Å². The molecule has 16 nitrogen and oxygen atoms in total. The maximum Gasteiger partial charge on any atom is 0.408 e. The van der Waals surface area contributed by atoms with Crippen molar-refractivity contribution in [2.75, 3.05) is 13.2 Å². The standard InChI is InChI=1S/C33H44N8O8/c1-19(28(44)41-34)37-27(43)17-36-29(45)25(15-21-16-35-23-13-9-8-12-22(21)23)38-31(47)26(18-42)39-30(46)24(14-20-10-6-5-7-11-20)40-32(48)49-33(2,3)4/h5-13,16,19,24-26,35,42H,14-15,17-18,34H2,1-4H3,(H,36,45)(H,37,43)(H,38,47)(H,39,46)(H,40,48)(H,41,44)/t19-,24-,25-,26-/m0/s1. The van der Waals surface area contributed by atoms with Gasteiger partial charge in [-0.1, -0.05) is 48.5 Å². The van der Waals surface area contributed by atoms with Crippen LogP contribution < -0.4 is 37.9 Å². The van der Waals surface area contributed by atoms with Gasteiger partial charge in [0.1, 0.15) is 29.8 Å². The zero-order valence-corrected chi connectivity index (χ0v) is 27.8. The van der Waals surface area contributed by atoms with Crippen molar-refractivity contribution < 1.29 is 38.6 Å². The van der Waals surface area contributed by atoms with Crippen LogP contribution in [0.4, 0.5) is 4.79 Å². The monoisotopic (exact) mass is 680 g/mol. The molecule has 0 spiro atoms. The third-order valence-corrected chi connectivity index (χ3v) is 7.17. The van der Waals surface area contributed by atoms with Crippen LogP contribution in [0.1, 0.15) is 38.8 Å². The molecule has 0 saturated carbocycles. The number of carbonyl (C=O) groups excluding carboxylic acids is 6. The smallest absolute Gasteiger partial charge is 0.408 e. The molecule has 0 bridgehead atoms. The number of aliphatic hydroxyl groups excluding tert-OH is 1. The Morgan fingerprint density at radius 3 is 2.06 bits per heavy atom. The van der Waals surface area contributed by atoms with E-state index in [9.17, 15) is 33.9 Å². The van der Waals surface area contributed by atoms with Crippen LogP contribution in [0.5, 0.6) is 0 Å². The summed E-state index contributed by atoms with van der Waals surface area (Å²) in [6.07, 6.45) is 0.841. The quantitative estimate of drug-likeness (QED) is 0.0565. The molecule has 0 aliphatic heterocycles. The molecule has 264 valence electrons. The number of nitrogens with two attached hydrogens (primary N) is 1. The highest BCUT2D eigenvalue weighted by Gasteiger charge is 2.31. The predicted molar refractivity (Wildman–Crippen MR) is 179 cm³/mol. The van der Waals surface area contributed by atoms with Gasteiger partial charge in [-0.3, -0.25) is 29.4 Å². The van der Waals surface area contributed by atoms with Crippen molar-refractivity contribution in [3.63, 3.8) is 0 Å². The third-order valence-electron chi connectivity index (χ3n) is 7.17. The van der Waals surface area contributed by atoms with Crippen molar-refractivity contribution in [1.82, 2.24) is 37.0 Å². The van der Waals surface area contributed by atoms with Gasteiger partial charge < -0.3 is 41.4 Å². The number of carbonyl (C=O) groups is 6. The predicted octanol–water partition coefficient (Wildman–Crippen LogP) is -0.581. The second-order valence-electron chi connectivity index (χ2n) is 12.3. The molecule has 1 heterocycles. The van der Waals surface area contributed by atoms with Crippen LogP contribution in [-0.4, -0.2) is 88.6 Å². The van der Waals surface area contributed by atoms with Gasteiger partial charge in [-0.2, -0.15) is 0 Å². The molecule has 6 amide bonds. The first kappa shape index (κ1) is 38.0. The van der Waals surface area contributed by atoms with E-state index < -0.39 is 78.5 Å². The number of hydrogen-bond acceptors (Lipinski definition) is 9. The van der Waals surface area contributed by atoms with Crippen molar-refractivity contribution in [3.8, 4) is 0 Å². The van der Waals surface area contributed by atoms with E-state index in [1.54, 1.807) is 57.3 Å². The Kier molecular flexibility index (Phi) is 13.6. The number of hydrogen-bond donors (Lipinski definition) is 9. The SMILES string of the molecule is C[C@H](NC(=O)CNC(=O)[C@H](Cc1c[nH]c2ccccc12)NC(=O)[C@H](CO)NC(=O)[C@H](Cc1ccccc1)NC(=O)OC(C)(C)C)C(=O)NN. The number of para-hydroxylation sites is 1. The van der Waals surface area contributed by atoms with Gasteiger partial charge in [0, 0.05) is 29.9 Å². The van der Waals surface area contributed by atoms with Crippen LogP contribution >= 0.6 is 0 Å². The van der Waals surface area contributed by atoms with Crippen LogP contribution in [0.25, 0.3) is 10.9 Å². The average Bonchev–Trinajstić information content (AvgIpc) is 3.47. The molecule has 0 radical (unpaired) electrons. The number of aliphatic hydroxyl groups is 1. The molecule has 0 saturated heterocycles. The van der Waals surface area contributed by atoms with Gasteiger partial charge in [0.15, 0.2) is 0 Å². The zero-order valence-electron chi connectivity index (χ0n) is 27.8. The number of aromatic amines is 1. The Hall–Kier alpha value is -5.48. The highest BCUT2D eigenvalue weighted by Crippen LogP contribution is 2.19. The second-order valence-corrected chi connectivity index (χ2v) is 12.3. The molecule has 4 atom stereocenters. The number of fused-ring (bicyclic) bond motifs is 1. The number of alkyl carbamates (subject to hydrolysis) is 1. The molecule has 16 heteroatoms. The summed E-state index contributed by atoms with van der Waals surface area (Å²) < 4.78 is 5.31. The molecule has 2 aromatic carbocycles. The lowest BCUT2D eigenvalue weighted by Gasteiger charge is -2.26. The van der Waals surface area contributed by atoms with Gasteiger partial charge in [-0.25, -0.2) is 10.6 Å². The fourth-order valence-electron chi connectivity index (χ4n) is 4.75. The Bertz CT molecular complexity index is 1620. The summed E-state index contributed by atoms with van der Waals surface area (Å²) in [6.45, 7) is 5.04. The van der Waals surface area contributed by atoms with Crippen LogP contribution in [0, 0.1) is 0 Å². The van der Waals surface area contributed by atoms with Gasteiger partial charge in [0.25, 0.3) is 5.91 Å². The van der Waals surface area contributed by atoms with Gasteiger partial charge in [0.05, 0.1) is 13.2 Å². The van der Waals surface area contributed by atoms with Crippen molar-refractivity contribution in [2.24, 2.45) is 5.84 Å². The van der Waals surface area contributed by atoms with E-state index in [-0.39, 0.29) is 12.8 Å². The molecule has 0 fully saturated rings. The number of amides is 6. The Labute approximate surface area is 283 Å². The van der Waals surface area contributed by atoms with Gasteiger partial charge >= 0.3 is 6.09 Å². The van der Waals surface area contributed by atoms with E-state index in [0.717, 1.165) is 10.9 Å². The first-order valence-electron chi connectivity index (χ1n) is 15.6. The topological polar surface area (TPSA) is 246 Å². The number of rotatable bonds is 15. The highest BCUT2D eigenvalue weighted by atomic mass is 16.6. The fourth-order valence-corrected chi connectivity index (χ4v) is 4.75. The van der Waals surface area contributed by atoms with E-state index in [2.05, 4.69) is 31.6 Å². The Morgan fingerprint density at radius 2 is 1.41 bits per heavy atom. The molecule has 0 unspecified atom stereocenters. The van der Waals surface area contributed by atoms with E-state index in [4.69, 9.17) is 10.6 Å². The number of benzene rings is 2. The third kappa shape index (κ3) is 11.9. The summed E-state index contributed by atoms with van der Waals surface area (Å²) in [5.74, 6) is 1.32. The molecule has 3 aromatic rings. The normalized spacial score (nSPS) is 13.6. The molecule has 3 rings (SSSR count). The molecule has 0 aliphatic rings. The summed E-state index contributed by atoms with van der Waals surface area (Å²) in [4.78, 5) is 80.0. The lowest BCUT2D eigenvalue weighted by Crippen LogP contribution is -2.59. The minimum Gasteiger partial charge on any atom is -0.444 e. The fraction of sp³-hybridized carbons (Fsp3) is 0.394. The molecule has 10 N–H and O–H groups in total. The van der Waals surface area contributed by atoms with Crippen molar-refractivity contribution in [2.45, 2.75) is 70.3 Å². The maximum atomic E-state index is 13.5. The number of nitrogens with one attached hydrogen (secondary N) is 7. The summed E-state index contributed by atoms with van der Waals surface area (Å²) in [5.41, 5.74) is 3.24. The number of ether oxygens (including phenoxy) is 1. The molecular formula is C33H44N8O8. The van der Waals surface area contributed by atoms with Gasteiger partial charge in [-0.15, -0.1) is 0 Å². The number of hydrazine groups is 1. The summed E-state index contributed by atoms with van der Waals surface area (Å²) in [6, 6.07) is 11.2. The molecule has 1 aromatic heterocycles. The zero-order chi connectivity index (χ0) is 36.1. The van der Waals surface area contributed by atoms with Crippen LogP contribution in [0.3, 0.4) is 0 Å². The highest BCUT2D eigenvalue weighted by molar-refractivity contribution is 5.96. The molecular weight excluding hydrogens is 636 g/mol. The maximum absolute atomic E-state index is 13.5. The summed E-state index contributed by atoms with van der Waals surface area (Å²) in [7, 11) is 0. The van der Waals surface area contributed by atoms with Crippen LogP contribution in [0.2, 0.25) is 0 Å². The Balaban J connectivity index is 1.77. The molecule has 0 aliphatic carbocycles. The van der Waals surface area contributed by atoms with Crippen molar-refractivity contribution in [1.29, 1.82) is 0 Å². The van der Waals surface area contributed by atoms with E-state index >= 15 is 0 Å². The summed E-state index contributed by atoms with van der Waals surface area (Å²) >= 11 is 0. The number of H-pyrrole nitrogens is 1. The van der Waals surface area contributed by atoms with Gasteiger partial charge in [0.2, 0.25) is 23.6 Å². The minimum atomic E-state index is -1.52. The van der Waals surface area contributed by atoms with E-state index in [1.165, 1.54) is 6.92 Å². The van der Waals surface area contributed by atoms with E-state index in [1.807, 2.05) is 29.7 Å². The van der Waals surface area contributed by atoms with Gasteiger partial charge in [-0.05, 0) is 44.9 Å². The van der Waals surface area contributed by atoms with Crippen LogP contribution in [-0.2, 0) is 41.6 Å². The van der Waals surface area contributed by atoms with E-state index in [0.29, 0.717) is 11.1 Å². The van der Waals surface area contributed by atoms with Crippen LogP contribution in [0.15, 0.2) is 60.8 Å². The summed E-state index contributed by atoms with van der Waals surface area (Å²) in [5, 5.41) is 23.3. The molecule has 49 heavy (non-hydrogen) atoms. The Morgan fingerprint density at radius 1 is 0.796 bits per heavy atom. The first-order valence-corrected chi connectivity index (χ1v) is 15.6. The van der Waals surface area contributed by atoms with Crippen molar-refractivity contribution in [3.05, 3.63) is 71.9 Å². The minimum absolute atomic E-state index is 0.0296. The first-order chi connectivity index (χ1) is 23.2. The lowest BCUT2D eigenvalue weighted by atomic mass is 10.0.